The van der Waals surface area contributed by atoms with Crippen LogP contribution in [-0.4, -0.2) is 33.1 Å². The molecule has 0 saturated carbocycles. The minimum absolute atomic E-state index is 0.321. The van der Waals surface area contributed by atoms with Gasteiger partial charge in [0.15, 0.2) is 11.6 Å². The summed E-state index contributed by atoms with van der Waals surface area (Å²) < 4.78 is 5.32. The quantitative estimate of drug-likeness (QED) is 0.755. The molecule has 6 heteroatoms. The van der Waals surface area contributed by atoms with E-state index in [0.29, 0.717) is 17.5 Å². The van der Waals surface area contributed by atoms with Crippen molar-refractivity contribution in [3.8, 4) is 11.6 Å². The van der Waals surface area contributed by atoms with Crippen molar-refractivity contribution in [3.63, 3.8) is 0 Å². The molecule has 0 radical (unpaired) electrons. The van der Waals surface area contributed by atoms with E-state index in [2.05, 4.69) is 14.9 Å². The van der Waals surface area contributed by atoms with Crippen molar-refractivity contribution in [1.82, 2.24) is 14.9 Å². The predicted octanol–water partition coefficient (Wildman–Crippen LogP) is 3.74. The first kappa shape index (κ1) is 16.4. The maximum absolute atomic E-state index is 10.5. The number of nitrogens with zero attached hydrogens (tertiary/aromatic N) is 3. The highest BCUT2D eigenvalue weighted by Gasteiger charge is 2.26. The van der Waals surface area contributed by atoms with E-state index in [9.17, 15) is 5.11 Å². The Balaban J connectivity index is 1.31. The Morgan fingerprint density at radius 3 is 2.64 bits per heavy atom. The first-order valence-corrected chi connectivity index (χ1v) is 9.46. The second-order valence-corrected chi connectivity index (χ2v) is 7.45. The highest BCUT2D eigenvalue weighted by molar-refractivity contribution is 7.10. The van der Waals surface area contributed by atoms with E-state index in [1.165, 1.54) is 0 Å². The number of likely N-dealkylation sites (tertiary alicyclic amines) is 1. The van der Waals surface area contributed by atoms with E-state index < -0.39 is 0 Å². The number of furan rings is 1. The largest absolute Gasteiger partial charge is 0.461 e. The standard InChI is InChI=1S/C19H21N3O2S/c23-18(17-4-2-10-25-17)15-5-7-22(8-6-15)13-14-11-20-19(21-12-14)16-3-1-9-24-16/h1-4,9-12,15,18,23H,5-8,13H2. The molecule has 0 amide bonds. The molecule has 1 fully saturated rings. The number of rotatable bonds is 5. The molecule has 1 aliphatic rings. The van der Waals surface area contributed by atoms with Gasteiger partial charge in [-0.2, -0.15) is 0 Å². The Bertz CT molecular complexity index is 764. The number of piperidine rings is 1. The van der Waals surface area contributed by atoms with E-state index in [4.69, 9.17) is 4.42 Å². The van der Waals surface area contributed by atoms with Crippen LogP contribution < -0.4 is 0 Å². The summed E-state index contributed by atoms with van der Waals surface area (Å²) in [6, 6.07) is 7.73. The molecule has 1 N–H and O–H groups in total. The van der Waals surface area contributed by atoms with Crippen LogP contribution in [0.4, 0.5) is 0 Å². The lowest BCUT2D eigenvalue weighted by molar-refractivity contribution is 0.0590. The molecule has 4 heterocycles. The summed E-state index contributed by atoms with van der Waals surface area (Å²) in [6.45, 7) is 2.83. The summed E-state index contributed by atoms with van der Waals surface area (Å²) in [5, 5.41) is 12.5. The molecule has 5 nitrogen and oxygen atoms in total. The van der Waals surface area contributed by atoms with Gasteiger partial charge in [0.25, 0.3) is 0 Å². The third-order valence-corrected chi connectivity index (χ3v) is 5.71. The summed E-state index contributed by atoms with van der Waals surface area (Å²) in [6.07, 6.45) is 7.09. The Morgan fingerprint density at radius 2 is 2.00 bits per heavy atom. The van der Waals surface area contributed by atoms with Crippen molar-refractivity contribution in [2.45, 2.75) is 25.5 Å². The summed E-state index contributed by atoms with van der Waals surface area (Å²) in [5.41, 5.74) is 1.10. The SMILES string of the molecule is OC(c1cccs1)C1CCN(Cc2cnc(-c3ccco3)nc2)CC1. The number of aliphatic hydroxyl groups is 1. The van der Waals surface area contributed by atoms with Gasteiger partial charge >= 0.3 is 0 Å². The summed E-state index contributed by atoms with van der Waals surface area (Å²) >= 11 is 1.64. The van der Waals surface area contributed by atoms with E-state index >= 15 is 0 Å². The molecule has 25 heavy (non-hydrogen) atoms. The third kappa shape index (κ3) is 3.81. The summed E-state index contributed by atoms with van der Waals surface area (Å²) in [5.74, 6) is 1.66. The number of hydrogen-bond acceptors (Lipinski definition) is 6. The Labute approximate surface area is 151 Å². The van der Waals surface area contributed by atoms with Crippen LogP contribution in [0.25, 0.3) is 11.6 Å². The first-order valence-electron chi connectivity index (χ1n) is 8.58. The predicted molar refractivity (Wildman–Crippen MR) is 97.0 cm³/mol. The van der Waals surface area contributed by atoms with Crippen LogP contribution in [0.15, 0.2) is 52.7 Å². The van der Waals surface area contributed by atoms with E-state index in [1.54, 1.807) is 17.6 Å². The van der Waals surface area contributed by atoms with Crippen molar-refractivity contribution >= 4 is 11.3 Å². The molecule has 3 aromatic heterocycles. The van der Waals surface area contributed by atoms with Gasteiger partial charge in [-0.3, -0.25) is 4.90 Å². The van der Waals surface area contributed by atoms with Crippen LogP contribution in [0.1, 0.15) is 29.4 Å². The van der Waals surface area contributed by atoms with Crippen LogP contribution >= 0.6 is 11.3 Å². The molecule has 0 aromatic carbocycles. The second kappa shape index (κ2) is 7.47. The molecule has 1 atom stereocenters. The Kier molecular flexibility index (Phi) is 4.92. The molecule has 1 saturated heterocycles. The van der Waals surface area contributed by atoms with Gasteiger partial charge in [-0.1, -0.05) is 6.07 Å². The van der Waals surface area contributed by atoms with Gasteiger partial charge < -0.3 is 9.52 Å². The minimum atomic E-state index is -0.321. The van der Waals surface area contributed by atoms with Crippen molar-refractivity contribution < 1.29 is 9.52 Å². The first-order chi connectivity index (χ1) is 12.3. The van der Waals surface area contributed by atoms with Gasteiger partial charge in [0.05, 0.1) is 12.4 Å². The lowest BCUT2D eigenvalue weighted by Gasteiger charge is -2.33. The van der Waals surface area contributed by atoms with Gasteiger partial charge in [-0.15, -0.1) is 11.3 Å². The van der Waals surface area contributed by atoms with Crippen LogP contribution in [0, 0.1) is 5.92 Å². The van der Waals surface area contributed by atoms with Crippen molar-refractivity contribution in [2.24, 2.45) is 5.92 Å². The summed E-state index contributed by atoms with van der Waals surface area (Å²) in [7, 11) is 0. The van der Waals surface area contributed by atoms with Gasteiger partial charge in [0, 0.05) is 29.4 Å². The number of aromatic nitrogens is 2. The highest BCUT2D eigenvalue weighted by atomic mass is 32.1. The molecule has 1 aliphatic heterocycles. The maximum Gasteiger partial charge on any atom is 0.195 e. The Morgan fingerprint density at radius 1 is 1.20 bits per heavy atom. The zero-order chi connectivity index (χ0) is 17.1. The smallest absolute Gasteiger partial charge is 0.195 e. The molecule has 3 aromatic rings. The van der Waals surface area contributed by atoms with E-state index in [1.807, 2.05) is 42.0 Å². The molecule has 0 aliphatic carbocycles. The maximum atomic E-state index is 10.5. The van der Waals surface area contributed by atoms with Crippen molar-refractivity contribution in [3.05, 3.63) is 58.7 Å². The molecular formula is C19H21N3O2S. The highest BCUT2D eigenvalue weighted by Crippen LogP contribution is 2.33. The van der Waals surface area contributed by atoms with Gasteiger partial charge in [-0.25, -0.2) is 9.97 Å². The molecular weight excluding hydrogens is 334 g/mol. The van der Waals surface area contributed by atoms with Crippen LogP contribution in [0.5, 0.6) is 0 Å². The zero-order valence-electron chi connectivity index (χ0n) is 13.9. The van der Waals surface area contributed by atoms with Crippen LogP contribution in [0.2, 0.25) is 0 Å². The van der Waals surface area contributed by atoms with Crippen LogP contribution in [-0.2, 0) is 6.54 Å². The van der Waals surface area contributed by atoms with Crippen molar-refractivity contribution in [1.29, 1.82) is 0 Å². The fraction of sp³-hybridized carbons (Fsp3) is 0.368. The fourth-order valence-corrected chi connectivity index (χ4v) is 4.15. The number of aliphatic hydroxyl groups excluding tert-OH is 1. The third-order valence-electron chi connectivity index (χ3n) is 4.77. The molecule has 4 rings (SSSR count). The fourth-order valence-electron chi connectivity index (χ4n) is 3.35. The molecule has 0 spiro atoms. The normalized spacial score (nSPS) is 17.6. The molecule has 0 bridgehead atoms. The summed E-state index contributed by atoms with van der Waals surface area (Å²) in [4.78, 5) is 12.3. The van der Waals surface area contributed by atoms with Crippen LogP contribution in [0.3, 0.4) is 0 Å². The molecule has 1 unspecified atom stereocenters. The second-order valence-electron chi connectivity index (χ2n) is 6.47. The molecule has 130 valence electrons. The Hall–Kier alpha value is -2.02. The van der Waals surface area contributed by atoms with Gasteiger partial charge in [-0.05, 0) is 55.4 Å². The zero-order valence-corrected chi connectivity index (χ0v) is 14.7. The lowest BCUT2D eigenvalue weighted by atomic mass is 9.90. The lowest BCUT2D eigenvalue weighted by Crippen LogP contribution is -2.35. The van der Waals surface area contributed by atoms with Crippen molar-refractivity contribution in [2.75, 3.05) is 13.1 Å². The van der Waals surface area contributed by atoms with Gasteiger partial charge in [0.2, 0.25) is 0 Å². The average molecular weight is 355 g/mol. The van der Waals surface area contributed by atoms with E-state index in [-0.39, 0.29) is 6.10 Å². The topological polar surface area (TPSA) is 62.4 Å². The number of hydrogen-bond donors (Lipinski definition) is 1. The average Bonchev–Trinajstić information content (AvgIpc) is 3.36. The minimum Gasteiger partial charge on any atom is -0.461 e. The van der Waals surface area contributed by atoms with Gasteiger partial charge in [0.1, 0.15) is 0 Å². The number of thiophene rings is 1. The van der Waals surface area contributed by atoms with E-state index in [0.717, 1.165) is 42.9 Å². The monoisotopic (exact) mass is 355 g/mol.